The van der Waals surface area contributed by atoms with Gasteiger partial charge in [-0.3, -0.25) is 25.2 Å². The molecule has 0 saturated heterocycles. The van der Waals surface area contributed by atoms with Gasteiger partial charge in [-0.2, -0.15) is 0 Å². The third-order valence-electron chi connectivity index (χ3n) is 3.28. The second kappa shape index (κ2) is 7.96. The Hall–Kier alpha value is -2.09. The largest absolute Gasteiger partial charge is 0.484 e. The predicted octanol–water partition coefficient (Wildman–Crippen LogP) is 1.17. The zero-order chi connectivity index (χ0) is 16.8. The highest BCUT2D eigenvalue weighted by atomic mass is 79.9. The molecule has 1 aromatic carbocycles. The highest BCUT2D eigenvalue weighted by Crippen LogP contribution is 2.38. The lowest BCUT2D eigenvalue weighted by atomic mass is 10.3. The number of halogens is 1. The fourth-order valence-corrected chi connectivity index (χ4v) is 2.05. The molecular formula is C15H17BrN2O5. The highest BCUT2D eigenvalue weighted by Gasteiger charge is 2.40. The van der Waals surface area contributed by atoms with Gasteiger partial charge in [0, 0.05) is 4.47 Å². The van der Waals surface area contributed by atoms with Crippen LogP contribution >= 0.6 is 15.9 Å². The summed E-state index contributed by atoms with van der Waals surface area (Å²) >= 11 is 3.29. The molecule has 1 saturated carbocycles. The first-order valence-corrected chi connectivity index (χ1v) is 7.87. The van der Waals surface area contributed by atoms with E-state index in [2.05, 4.69) is 26.8 Å². The summed E-state index contributed by atoms with van der Waals surface area (Å²) < 4.78 is 11.0. The Balaban J connectivity index is 1.59. The summed E-state index contributed by atoms with van der Waals surface area (Å²) in [5.74, 6) is -0.760. The second-order valence-electron chi connectivity index (χ2n) is 5.27. The van der Waals surface area contributed by atoms with Crippen LogP contribution in [0.3, 0.4) is 0 Å². The molecule has 23 heavy (non-hydrogen) atoms. The predicted molar refractivity (Wildman–Crippen MR) is 84.2 cm³/mol. The number of hydrogen-bond donors (Lipinski definition) is 2. The third kappa shape index (κ3) is 5.90. The molecule has 0 radical (unpaired) electrons. The van der Waals surface area contributed by atoms with E-state index in [-0.39, 0.29) is 18.5 Å². The van der Waals surface area contributed by atoms with Crippen molar-refractivity contribution in [3.63, 3.8) is 0 Å². The summed E-state index contributed by atoms with van der Waals surface area (Å²) in [6.45, 7) is 1.27. The molecule has 1 fully saturated rings. The van der Waals surface area contributed by atoms with Gasteiger partial charge in [-0.05, 0) is 36.6 Å². The van der Waals surface area contributed by atoms with E-state index in [0.29, 0.717) is 11.7 Å². The van der Waals surface area contributed by atoms with Crippen molar-refractivity contribution in [2.24, 2.45) is 11.8 Å². The maximum Gasteiger partial charge on any atom is 0.309 e. The average molecular weight is 385 g/mol. The van der Waals surface area contributed by atoms with Crippen molar-refractivity contribution in [3.8, 4) is 5.75 Å². The number of hydrogen-bond acceptors (Lipinski definition) is 5. The van der Waals surface area contributed by atoms with Crippen LogP contribution < -0.4 is 15.6 Å². The van der Waals surface area contributed by atoms with Gasteiger partial charge < -0.3 is 9.47 Å². The Labute approximate surface area is 141 Å². The van der Waals surface area contributed by atoms with E-state index in [9.17, 15) is 14.4 Å². The van der Waals surface area contributed by atoms with Gasteiger partial charge in [0.2, 0.25) is 0 Å². The van der Waals surface area contributed by atoms with Crippen LogP contribution in [0.2, 0.25) is 0 Å². The van der Waals surface area contributed by atoms with Crippen LogP contribution in [0.25, 0.3) is 0 Å². The number of rotatable bonds is 6. The van der Waals surface area contributed by atoms with Crippen LogP contribution in [0.4, 0.5) is 0 Å². The van der Waals surface area contributed by atoms with Crippen LogP contribution in [0.15, 0.2) is 28.7 Å². The quantitative estimate of drug-likeness (QED) is 0.567. The van der Waals surface area contributed by atoms with Gasteiger partial charge in [-0.15, -0.1) is 0 Å². The molecular weight excluding hydrogens is 368 g/mol. The number of carbonyl (C=O) groups is 3. The lowest BCUT2D eigenvalue weighted by molar-refractivity contribution is -0.150. The van der Waals surface area contributed by atoms with Crippen molar-refractivity contribution in [2.45, 2.75) is 13.3 Å². The summed E-state index contributed by atoms with van der Waals surface area (Å²) in [7, 11) is 0. The van der Waals surface area contributed by atoms with Gasteiger partial charge in [0.15, 0.2) is 13.2 Å². The van der Waals surface area contributed by atoms with E-state index in [1.165, 1.54) is 0 Å². The number of ether oxygens (including phenoxy) is 2. The molecule has 7 nitrogen and oxygen atoms in total. The van der Waals surface area contributed by atoms with Crippen molar-refractivity contribution < 1.29 is 23.9 Å². The number of esters is 1. The molecule has 2 rings (SSSR count). The van der Waals surface area contributed by atoms with Crippen LogP contribution in [0.5, 0.6) is 5.75 Å². The van der Waals surface area contributed by atoms with Gasteiger partial charge in [0.1, 0.15) is 5.75 Å². The number of benzene rings is 1. The maximum absolute atomic E-state index is 11.5. The molecule has 0 aliphatic heterocycles. The Bertz CT molecular complexity index is 590. The summed E-state index contributed by atoms with van der Waals surface area (Å²) in [5, 5.41) is 0. The van der Waals surface area contributed by atoms with Crippen molar-refractivity contribution >= 4 is 33.7 Å². The molecule has 0 spiro atoms. The minimum Gasteiger partial charge on any atom is -0.484 e. The minimum atomic E-state index is -0.608. The van der Waals surface area contributed by atoms with Crippen molar-refractivity contribution in [1.29, 1.82) is 0 Å². The molecule has 0 aromatic heterocycles. The molecule has 0 unspecified atom stereocenters. The average Bonchev–Trinajstić information content (AvgIpc) is 3.27. The number of hydrazine groups is 1. The lowest BCUT2D eigenvalue weighted by Gasteiger charge is -2.09. The van der Waals surface area contributed by atoms with E-state index >= 15 is 0 Å². The summed E-state index contributed by atoms with van der Waals surface area (Å²) in [6.07, 6.45) is 0.796. The first-order valence-electron chi connectivity index (χ1n) is 7.08. The topological polar surface area (TPSA) is 93.7 Å². The molecule has 0 heterocycles. The normalized spacial score (nSPS) is 18.7. The Morgan fingerprint density at radius 1 is 1.13 bits per heavy atom. The standard InChI is InChI=1S/C15H17BrN2O5/c1-9-6-12(9)15(21)23-8-14(20)18-17-13(19)7-22-11-4-2-10(16)3-5-11/h2-5,9,12H,6-8H2,1H3,(H,17,19)(H,18,20)/t9-,12+/m1/s1. The van der Waals surface area contributed by atoms with Gasteiger partial charge >= 0.3 is 5.97 Å². The van der Waals surface area contributed by atoms with E-state index in [1.807, 2.05) is 6.92 Å². The zero-order valence-corrected chi connectivity index (χ0v) is 14.1. The Morgan fingerprint density at radius 3 is 2.26 bits per heavy atom. The van der Waals surface area contributed by atoms with E-state index in [4.69, 9.17) is 9.47 Å². The maximum atomic E-state index is 11.5. The lowest BCUT2D eigenvalue weighted by Crippen LogP contribution is -2.45. The van der Waals surface area contributed by atoms with Crippen LogP contribution in [-0.2, 0) is 19.1 Å². The Kier molecular flexibility index (Phi) is 5.97. The summed E-state index contributed by atoms with van der Waals surface area (Å²) in [5.41, 5.74) is 4.33. The molecule has 1 aromatic rings. The number of amides is 2. The molecule has 1 aliphatic carbocycles. The van der Waals surface area contributed by atoms with E-state index in [0.717, 1.165) is 10.9 Å². The van der Waals surface area contributed by atoms with Gasteiger partial charge in [-0.1, -0.05) is 22.9 Å². The Morgan fingerprint density at radius 2 is 1.70 bits per heavy atom. The van der Waals surface area contributed by atoms with Gasteiger partial charge in [-0.25, -0.2) is 0 Å². The second-order valence-corrected chi connectivity index (χ2v) is 6.18. The summed E-state index contributed by atoms with van der Waals surface area (Å²) in [6, 6.07) is 6.97. The number of nitrogens with one attached hydrogen (secondary N) is 2. The van der Waals surface area contributed by atoms with Gasteiger partial charge in [0.05, 0.1) is 5.92 Å². The molecule has 2 amide bonds. The fraction of sp³-hybridized carbons (Fsp3) is 0.400. The van der Waals surface area contributed by atoms with Crippen LogP contribution in [0.1, 0.15) is 13.3 Å². The SMILES string of the molecule is C[C@@H]1C[C@@H]1C(=O)OCC(=O)NNC(=O)COc1ccc(Br)cc1. The molecule has 8 heteroatoms. The first-order chi connectivity index (χ1) is 11.0. The third-order valence-corrected chi connectivity index (χ3v) is 3.81. The number of carbonyl (C=O) groups excluding carboxylic acids is 3. The van der Waals surface area contributed by atoms with E-state index in [1.54, 1.807) is 24.3 Å². The molecule has 0 bridgehead atoms. The minimum absolute atomic E-state index is 0.100. The smallest absolute Gasteiger partial charge is 0.309 e. The van der Waals surface area contributed by atoms with E-state index < -0.39 is 18.4 Å². The van der Waals surface area contributed by atoms with Crippen LogP contribution in [0, 0.1) is 11.8 Å². The van der Waals surface area contributed by atoms with Crippen molar-refractivity contribution in [2.75, 3.05) is 13.2 Å². The monoisotopic (exact) mass is 384 g/mol. The van der Waals surface area contributed by atoms with Crippen LogP contribution in [-0.4, -0.2) is 31.0 Å². The first kappa shape index (κ1) is 17.3. The molecule has 124 valence electrons. The molecule has 2 atom stereocenters. The molecule has 1 aliphatic rings. The van der Waals surface area contributed by atoms with Crippen molar-refractivity contribution in [1.82, 2.24) is 10.9 Å². The van der Waals surface area contributed by atoms with Crippen molar-refractivity contribution in [3.05, 3.63) is 28.7 Å². The summed E-state index contributed by atoms with van der Waals surface area (Å²) in [4.78, 5) is 34.4. The van der Waals surface area contributed by atoms with Gasteiger partial charge in [0.25, 0.3) is 11.8 Å². The zero-order valence-electron chi connectivity index (χ0n) is 12.5. The fourth-order valence-electron chi connectivity index (χ4n) is 1.79. The molecule has 2 N–H and O–H groups in total. The highest BCUT2D eigenvalue weighted by molar-refractivity contribution is 9.10.